The van der Waals surface area contributed by atoms with Gasteiger partial charge in [-0.2, -0.15) is 4.98 Å². The molecule has 0 aliphatic carbocycles. The fraction of sp³-hybridized carbons (Fsp3) is 0.647. The van der Waals surface area contributed by atoms with Crippen LogP contribution >= 0.6 is 0 Å². The zero-order valence-corrected chi connectivity index (χ0v) is 14.6. The van der Waals surface area contributed by atoms with Crippen LogP contribution in [0.4, 0.5) is 0 Å². The van der Waals surface area contributed by atoms with Gasteiger partial charge in [-0.3, -0.25) is 4.79 Å². The molecule has 24 heavy (non-hydrogen) atoms. The summed E-state index contributed by atoms with van der Waals surface area (Å²) in [5, 5.41) is 7.11. The Labute approximate surface area is 141 Å². The van der Waals surface area contributed by atoms with E-state index in [9.17, 15) is 4.79 Å². The topological polar surface area (TPSA) is 85.8 Å². The van der Waals surface area contributed by atoms with Crippen molar-refractivity contribution in [3.8, 4) is 0 Å². The summed E-state index contributed by atoms with van der Waals surface area (Å²) in [4.78, 5) is 20.8. The molecule has 0 unspecified atom stereocenters. The van der Waals surface area contributed by atoms with Gasteiger partial charge in [-0.05, 0) is 12.8 Å². The molecule has 2 aromatic rings. The third-order valence-corrected chi connectivity index (χ3v) is 4.23. The van der Waals surface area contributed by atoms with Crippen molar-refractivity contribution in [1.82, 2.24) is 25.0 Å². The number of nitrogens with one attached hydrogen (secondary N) is 1. The van der Waals surface area contributed by atoms with Crippen LogP contribution in [0.2, 0.25) is 0 Å². The van der Waals surface area contributed by atoms with Crippen LogP contribution in [0.25, 0.3) is 0 Å². The number of hydrogen-bond acceptors (Lipinski definition) is 5. The molecule has 0 radical (unpaired) electrons. The molecular formula is C17H25N5O2. The van der Waals surface area contributed by atoms with Gasteiger partial charge in [0, 0.05) is 49.7 Å². The van der Waals surface area contributed by atoms with Gasteiger partial charge >= 0.3 is 0 Å². The van der Waals surface area contributed by atoms with Crippen LogP contribution in [-0.4, -0.2) is 31.6 Å². The summed E-state index contributed by atoms with van der Waals surface area (Å²) < 4.78 is 7.36. The summed E-state index contributed by atoms with van der Waals surface area (Å²) >= 11 is 0. The highest BCUT2D eigenvalue weighted by Gasteiger charge is 2.22. The van der Waals surface area contributed by atoms with Crippen LogP contribution in [-0.2, 0) is 29.6 Å². The van der Waals surface area contributed by atoms with Gasteiger partial charge in [0.15, 0.2) is 5.82 Å². The number of nitrogens with zero attached hydrogens (tertiary/aromatic N) is 4. The summed E-state index contributed by atoms with van der Waals surface area (Å²) in [5.74, 6) is 2.50. The standard InChI is InChI=1S/C17H25N5O2/c1-17(2,3)16-20-15(24-21-16)6-4-5-14(23)19-12-7-8-13-18-9-10-22(13)11-12/h9-10,12H,4-8,11H2,1-3H3,(H,19,23)/t12-/m0/s1. The maximum atomic E-state index is 12.1. The number of imidazole rings is 1. The average Bonchev–Trinajstić information content (AvgIpc) is 3.14. The zero-order chi connectivity index (χ0) is 17.2. The van der Waals surface area contributed by atoms with Crippen molar-refractivity contribution in [2.75, 3.05) is 0 Å². The molecule has 0 saturated carbocycles. The maximum Gasteiger partial charge on any atom is 0.226 e. The van der Waals surface area contributed by atoms with Crippen molar-refractivity contribution in [3.63, 3.8) is 0 Å². The van der Waals surface area contributed by atoms with Crippen molar-refractivity contribution in [1.29, 1.82) is 0 Å². The highest BCUT2D eigenvalue weighted by molar-refractivity contribution is 5.76. The molecule has 3 heterocycles. The first kappa shape index (κ1) is 16.7. The molecule has 0 saturated heterocycles. The van der Waals surface area contributed by atoms with Gasteiger partial charge in [0.2, 0.25) is 11.8 Å². The second-order valence-electron chi connectivity index (χ2n) is 7.41. The van der Waals surface area contributed by atoms with Crippen molar-refractivity contribution in [3.05, 3.63) is 29.9 Å². The first-order chi connectivity index (χ1) is 11.4. The molecule has 0 bridgehead atoms. The van der Waals surface area contributed by atoms with E-state index in [1.165, 1.54) is 0 Å². The second-order valence-corrected chi connectivity index (χ2v) is 7.41. The lowest BCUT2D eigenvalue weighted by Gasteiger charge is -2.24. The van der Waals surface area contributed by atoms with E-state index in [0.29, 0.717) is 31.0 Å². The van der Waals surface area contributed by atoms with E-state index in [1.54, 1.807) is 0 Å². The molecule has 3 rings (SSSR count). The Morgan fingerprint density at radius 1 is 1.46 bits per heavy atom. The first-order valence-electron chi connectivity index (χ1n) is 8.54. The summed E-state index contributed by atoms with van der Waals surface area (Å²) in [5.41, 5.74) is -0.119. The van der Waals surface area contributed by atoms with Crippen molar-refractivity contribution >= 4 is 5.91 Å². The number of carbonyl (C=O) groups is 1. The monoisotopic (exact) mass is 331 g/mol. The quantitative estimate of drug-likeness (QED) is 0.906. The van der Waals surface area contributed by atoms with Gasteiger partial charge in [0.05, 0.1) is 0 Å². The van der Waals surface area contributed by atoms with Crippen LogP contribution < -0.4 is 5.32 Å². The van der Waals surface area contributed by atoms with Gasteiger partial charge in [-0.25, -0.2) is 4.98 Å². The molecule has 7 heteroatoms. The minimum absolute atomic E-state index is 0.0825. The van der Waals surface area contributed by atoms with E-state index in [1.807, 2.05) is 33.2 Å². The average molecular weight is 331 g/mol. The minimum Gasteiger partial charge on any atom is -0.352 e. The number of fused-ring (bicyclic) bond motifs is 1. The molecule has 0 aromatic carbocycles. The normalized spacial score (nSPS) is 17.5. The summed E-state index contributed by atoms with van der Waals surface area (Å²) in [7, 11) is 0. The number of aromatic nitrogens is 4. The highest BCUT2D eigenvalue weighted by Crippen LogP contribution is 2.19. The fourth-order valence-corrected chi connectivity index (χ4v) is 2.85. The number of amides is 1. The lowest BCUT2D eigenvalue weighted by Crippen LogP contribution is -2.40. The molecule has 0 spiro atoms. The summed E-state index contributed by atoms with van der Waals surface area (Å²) in [6.45, 7) is 6.94. The second kappa shape index (κ2) is 6.75. The molecular weight excluding hydrogens is 306 g/mol. The minimum atomic E-state index is -0.119. The van der Waals surface area contributed by atoms with E-state index in [0.717, 1.165) is 25.2 Å². The SMILES string of the molecule is CC(C)(C)c1noc(CCCC(=O)N[C@H]2CCc3nccn3C2)n1. The number of aryl methyl sites for hydroxylation is 2. The zero-order valence-electron chi connectivity index (χ0n) is 14.6. The molecule has 1 N–H and O–H groups in total. The third-order valence-electron chi connectivity index (χ3n) is 4.23. The molecule has 1 amide bonds. The Bertz CT molecular complexity index is 698. The smallest absolute Gasteiger partial charge is 0.226 e. The van der Waals surface area contributed by atoms with E-state index in [2.05, 4.69) is 25.0 Å². The molecule has 1 atom stereocenters. The Balaban J connectivity index is 1.41. The molecule has 7 nitrogen and oxygen atoms in total. The Kier molecular flexibility index (Phi) is 4.69. The van der Waals surface area contributed by atoms with E-state index in [4.69, 9.17) is 4.52 Å². The lowest BCUT2D eigenvalue weighted by molar-refractivity contribution is -0.122. The molecule has 1 aliphatic rings. The van der Waals surface area contributed by atoms with Gasteiger partial charge in [-0.15, -0.1) is 0 Å². The van der Waals surface area contributed by atoms with Gasteiger partial charge < -0.3 is 14.4 Å². The maximum absolute atomic E-state index is 12.1. The Morgan fingerprint density at radius 2 is 2.29 bits per heavy atom. The van der Waals surface area contributed by atoms with Gasteiger partial charge in [-0.1, -0.05) is 25.9 Å². The molecule has 130 valence electrons. The van der Waals surface area contributed by atoms with E-state index >= 15 is 0 Å². The number of rotatable bonds is 5. The molecule has 2 aromatic heterocycles. The van der Waals surface area contributed by atoms with Crippen LogP contribution in [0.15, 0.2) is 16.9 Å². The molecule has 1 aliphatic heterocycles. The summed E-state index contributed by atoms with van der Waals surface area (Å²) in [6.07, 6.45) is 7.46. The first-order valence-corrected chi connectivity index (χ1v) is 8.54. The van der Waals surface area contributed by atoms with Crippen molar-refractivity contribution in [2.45, 2.75) is 70.9 Å². The van der Waals surface area contributed by atoms with Crippen LogP contribution in [0, 0.1) is 0 Å². The predicted molar refractivity (Wildman–Crippen MR) is 88.4 cm³/mol. The third kappa shape index (κ3) is 4.01. The predicted octanol–water partition coefficient (Wildman–Crippen LogP) is 2.02. The lowest BCUT2D eigenvalue weighted by atomic mass is 9.96. The van der Waals surface area contributed by atoms with Gasteiger partial charge in [0.1, 0.15) is 5.82 Å². The van der Waals surface area contributed by atoms with E-state index < -0.39 is 0 Å². The van der Waals surface area contributed by atoms with E-state index in [-0.39, 0.29) is 17.4 Å². The highest BCUT2D eigenvalue weighted by atomic mass is 16.5. The van der Waals surface area contributed by atoms with Crippen molar-refractivity contribution < 1.29 is 9.32 Å². The van der Waals surface area contributed by atoms with Crippen molar-refractivity contribution in [2.24, 2.45) is 0 Å². The Hall–Kier alpha value is -2.18. The summed E-state index contributed by atoms with van der Waals surface area (Å²) in [6, 6.07) is 0.190. The fourth-order valence-electron chi connectivity index (χ4n) is 2.85. The van der Waals surface area contributed by atoms with Crippen LogP contribution in [0.3, 0.4) is 0 Å². The van der Waals surface area contributed by atoms with Crippen LogP contribution in [0.1, 0.15) is 57.6 Å². The largest absolute Gasteiger partial charge is 0.352 e. The molecule has 0 fully saturated rings. The number of hydrogen-bond donors (Lipinski definition) is 1. The number of carbonyl (C=O) groups excluding carboxylic acids is 1. The van der Waals surface area contributed by atoms with Crippen LogP contribution in [0.5, 0.6) is 0 Å². The van der Waals surface area contributed by atoms with Gasteiger partial charge in [0.25, 0.3) is 0 Å². The Morgan fingerprint density at radius 3 is 3.04 bits per heavy atom.